The van der Waals surface area contributed by atoms with Gasteiger partial charge in [-0.25, -0.2) is 4.79 Å². The van der Waals surface area contributed by atoms with Crippen molar-refractivity contribution >= 4 is 17.3 Å². The zero-order chi connectivity index (χ0) is 12.8. The third kappa shape index (κ3) is 3.75. The molecule has 0 saturated carbocycles. The van der Waals surface area contributed by atoms with Gasteiger partial charge in [-0.2, -0.15) is 0 Å². The van der Waals surface area contributed by atoms with Crippen molar-refractivity contribution in [3.05, 3.63) is 34.4 Å². The monoisotopic (exact) mass is 238 g/mol. The van der Waals surface area contributed by atoms with Gasteiger partial charge in [0.05, 0.1) is 11.5 Å². The predicted molar refractivity (Wildman–Crippen MR) is 62.8 cm³/mol. The van der Waals surface area contributed by atoms with E-state index in [1.54, 1.807) is 26.0 Å². The third-order valence-corrected chi connectivity index (χ3v) is 2.08. The second-order valence-corrected chi connectivity index (χ2v) is 3.43. The molecule has 0 bridgehead atoms. The van der Waals surface area contributed by atoms with Crippen molar-refractivity contribution in [2.45, 2.75) is 19.9 Å². The number of nitrogens with one attached hydrogen (secondary N) is 1. The summed E-state index contributed by atoms with van der Waals surface area (Å²) in [6.07, 6.45) is 0. The number of hydrogen-bond acceptors (Lipinski definition) is 5. The molecule has 0 aromatic heterocycles. The van der Waals surface area contributed by atoms with E-state index in [9.17, 15) is 14.9 Å². The van der Waals surface area contributed by atoms with Crippen LogP contribution in [0.5, 0.6) is 0 Å². The summed E-state index contributed by atoms with van der Waals surface area (Å²) in [7, 11) is 0. The van der Waals surface area contributed by atoms with Gasteiger partial charge in [-0.05, 0) is 19.9 Å². The van der Waals surface area contributed by atoms with E-state index < -0.39 is 11.0 Å². The molecular weight excluding hydrogens is 224 g/mol. The third-order valence-electron chi connectivity index (χ3n) is 2.08. The van der Waals surface area contributed by atoms with Crippen molar-refractivity contribution < 1.29 is 14.5 Å². The molecule has 0 aliphatic rings. The number of esters is 1. The Balaban J connectivity index is 2.71. The fraction of sp³-hybridized carbons (Fsp3) is 0.364. The maximum absolute atomic E-state index is 11.3. The minimum atomic E-state index is -0.544. The highest BCUT2D eigenvalue weighted by Gasteiger charge is 2.14. The maximum atomic E-state index is 11.3. The van der Waals surface area contributed by atoms with Crippen LogP contribution < -0.4 is 5.32 Å². The Bertz CT molecular complexity index is 420. The normalized spacial score (nSPS) is 11.6. The van der Waals surface area contributed by atoms with E-state index in [0.717, 1.165) is 0 Å². The average Bonchev–Trinajstić information content (AvgIpc) is 2.29. The highest BCUT2D eigenvalue weighted by atomic mass is 16.6. The van der Waals surface area contributed by atoms with Crippen molar-refractivity contribution in [2.75, 3.05) is 11.9 Å². The molecule has 1 unspecified atom stereocenters. The number of carbonyl (C=O) groups is 1. The first kappa shape index (κ1) is 13.0. The Labute approximate surface area is 98.7 Å². The topological polar surface area (TPSA) is 81.5 Å². The number of ether oxygens (including phenoxy) is 1. The molecule has 6 heteroatoms. The molecule has 1 N–H and O–H groups in total. The quantitative estimate of drug-likeness (QED) is 0.481. The number of non-ortho nitro benzene ring substituents is 1. The molecule has 1 aromatic carbocycles. The number of anilines is 1. The van der Waals surface area contributed by atoms with Crippen molar-refractivity contribution in [3.63, 3.8) is 0 Å². The van der Waals surface area contributed by atoms with E-state index in [-0.39, 0.29) is 11.7 Å². The van der Waals surface area contributed by atoms with E-state index in [1.807, 2.05) is 0 Å². The fourth-order valence-corrected chi connectivity index (χ4v) is 1.29. The number of nitro benzene ring substituents is 1. The summed E-state index contributed by atoms with van der Waals surface area (Å²) >= 11 is 0. The summed E-state index contributed by atoms with van der Waals surface area (Å²) < 4.78 is 4.82. The molecule has 17 heavy (non-hydrogen) atoms. The Morgan fingerprint density at radius 2 is 2.29 bits per heavy atom. The minimum absolute atomic E-state index is 0.0222. The molecule has 92 valence electrons. The molecule has 0 heterocycles. The Hall–Kier alpha value is -2.11. The second kappa shape index (κ2) is 5.83. The maximum Gasteiger partial charge on any atom is 0.328 e. The number of nitro groups is 1. The van der Waals surface area contributed by atoms with Crippen LogP contribution in [0.4, 0.5) is 11.4 Å². The predicted octanol–water partition coefficient (Wildman–Crippen LogP) is 1.96. The summed E-state index contributed by atoms with van der Waals surface area (Å²) in [5.41, 5.74) is 0.491. The lowest BCUT2D eigenvalue weighted by Crippen LogP contribution is -2.28. The van der Waals surface area contributed by atoms with Gasteiger partial charge in [-0.3, -0.25) is 10.1 Å². The summed E-state index contributed by atoms with van der Waals surface area (Å²) in [4.78, 5) is 21.4. The highest BCUT2D eigenvalue weighted by Crippen LogP contribution is 2.17. The van der Waals surface area contributed by atoms with Crippen molar-refractivity contribution in [1.29, 1.82) is 0 Å². The lowest BCUT2D eigenvalue weighted by molar-refractivity contribution is -0.384. The zero-order valence-electron chi connectivity index (χ0n) is 9.67. The van der Waals surface area contributed by atoms with Crippen LogP contribution in [0.25, 0.3) is 0 Å². The van der Waals surface area contributed by atoms with Gasteiger partial charge in [0.1, 0.15) is 6.04 Å². The van der Waals surface area contributed by atoms with Crippen LogP contribution in [0.3, 0.4) is 0 Å². The average molecular weight is 238 g/mol. The molecule has 0 aliphatic heterocycles. The molecule has 0 radical (unpaired) electrons. The SMILES string of the molecule is CCOC(=O)C(C)Nc1cccc([N+](=O)[O-])c1. The van der Waals surface area contributed by atoms with Gasteiger partial charge in [0, 0.05) is 17.8 Å². The first-order valence-electron chi connectivity index (χ1n) is 5.22. The number of rotatable bonds is 5. The van der Waals surface area contributed by atoms with Crippen LogP contribution in [0, 0.1) is 10.1 Å². The number of hydrogen-bond donors (Lipinski definition) is 1. The van der Waals surface area contributed by atoms with Crippen molar-refractivity contribution in [3.8, 4) is 0 Å². The van der Waals surface area contributed by atoms with Gasteiger partial charge in [0.15, 0.2) is 0 Å². The molecule has 1 aromatic rings. The molecule has 0 saturated heterocycles. The minimum Gasteiger partial charge on any atom is -0.464 e. The summed E-state index contributed by atoms with van der Waals surface area (Å²) in [6.45, 7) is 3.66. The van der Waals surface area contributed by atoms with Gasteiger partial charge in [-0.1, -0.05) is 6.07 Å². The Morgan fingerprint density at radius 1 is 1.59 bits per heavy atom. The van der Waals surface area contributed by atoms with Gasteiger partial charge >= 0.3 is 5.97 Å². The van der Waals surface area contributed by atoms with Crippen LogP contribution >= 0.6 is 0 Å². The first-order valence-corrected chi connectivity index (χ1v) is 5.22. The molecule has 0 fully saturated rings. The largest absolute Gasteiger partial charge is 0.464 e. The molecule has 1 rings (SSSR count). The highest BCUT2D eigenvalue weighted by molar-refractivity contribution is 5.78. The summed E-state index contributed by atoms with van der Waals surface area (Å²) in [6, 6.07) is 5.42. The molecule has 0 amide bonds. The van der Waals surface area contributed by atoms with Crippen molar-refractivity contribution in [1.82, 2.24) is 0 Å². The van der Waals surface area contributed by atoms with Crippen LogP contribution in [0.15, 0.2) is 24.3 Å². The zero-order valence-corrected chi connectivity index (χ0v) is 9.67. The van der Waals surface area contributed by atoms with E-state index in [1.165, 1.54) is 12.1 Å². The van der Waals surface area contributed by atoms with Crippen LogP contribution in [0.2, 0.25) is 0 Å². The van der Waals surface area contributed by atoms with E-state index in [4.69, 9.17) is 4.74 Å². The van der Waals surface area contributed by atoms with Crippen LogP contribution in [0.1, 0.15) is 13.8 Å². The van der Waals surface area contributed by atoms with Gasteiger partial charge in [0.2, 0.25) is 0 Å². The van der Waals surface area contributed by atoms with Gasteiger partial charge in [-0.15, -0.1) is 0 Å². The lowest BCUT2D eigenvalue weighted by Gasteiger charge is -2.13. The van der Waals surface area contributed by atoms with Crippen LogP contribution in [-0.2, 0) is 9.53 Å². The fourth-order valence-electron chi connectivity index (χ4n) is 1.29. The molecule has 1 atom stereocenters. The van der Waals surface area contributed by atoms with Crippen LogP contribution in [-0.4, -0.2) is 23.5 Å². The standard InChI is InChI=1S/C11H14N2O4/c1-3-17-11(14)8(2)12-9-5-4-6-10(7-9)13(15)16/h4-8,12H,3H2,1-2H3. The van der Waals surface area contributed by atoms with E-state index >= 15 is 0 Å². The van der Waals surface area contributed by atoms with Gasteiger partial charge in [0.25, 0.3) is 5.69 Å². The molecular formula is C11H14N2O4. The number of benzene rings is 1. The number of nitrogens with zero attached hydrogens (tertiary/aromatic N) is 1. The lowest BCUT2D eigenvalue weighted by atomic mass is 10.2. The molecule has 0 aliphatic carbocycles. The smallest absolute Gasteiger partial charge is 0.328 e. The van der Waals surface area contributed by atoms with Gasteiger partial charge < -0.3 is 10.1 Å². The first-order chi connectivity index (χ1) is 8.04. The number of carbonyl (C=O) groups excluding carboxylic acids is 1. The van der Waals surface area contributed by atoms with Crippen molar-refractivity contribution in [2.24, 2.45) is 0 Å². The second-order valence-electron chi connectivity index (χ2n) is 3.43. The Morgan fingerprint density at radius 3 is 2.88 bits per heavy atom. The Kier molecular flexibility index (Phi) is 4.45. The molecule has 0 spiro atoms. The molecule has 6 nitrogen and oxygen atoms in total. The van der Waals surface area contributed by atoms with E-state index in [0.29, 0.717) is 12.3 Å². The summed E-state index contributed by atoms with van der Waals surface area (Å²) in [5.74, 6) is -0.390. The van der Waals surface area contributed by atoms with E-state index in [2.05, 4.69) is 5.32 Å². The summed E-state index contributed by atoms with van der Waals surface area (Å²) in [5, 5.41) is 13.4.